The Kier molecular flexibility index (Phi) is 4.10. The fraction of sp³-hybridized carbons (Fsp3) is 0.533. The fourth-order valence-corrected chi connectivity index (χ4v) is 4.44. The zero-order valence-corrected chi connectivity index (χ0v) is 13.1. The van der Waals surface area contributed by atoms with Crippen LogP contribution in [0.3, 0.4) is 0 Å². The van der Waals surface area contributed by atoms with E-state index in [4.69, 9.17) is 0 Å². The lowest BCUT2D eigenvalue weighted by atomic mass is 10.1. The Bertz CT molecular complexity index is 552. The van der Waals surface area contributed by atoms with E-state index in [0.29, 0.717) is 12.1 Å². The van der Waals surface area contributed by atoms with Crippen molar-refractivity contribution in [1.82, 2.24) is 10.3 Å². The number of thioether (sulfide) groups is 1. The molecule has 1 N–H and O–H groups in total. The molecule has 3 unspecified atom stereocenters. The lowest BCUT2D eigenvalue weighted by molar-refractivity contribution is 0.462. The molecule has 0 aromatic carbocycles. The Morgan fingerprint density at radius 3 is 3.16 bits per heavy atom. The molecule has 2 heterocycles. The van der Waals surface area contributed by atoms with E-state index in [1.165, 1.54) is 29.5 Å². The number of nitrogens with zero attached hydrogens (tertiary/aromatic N) is 1. The zero-order valence-electron chi connectivity index (χ0n) is 11.4. The highest BCUT2D eigenvalue weighted by molar-refractivity contribution is 7.99. The lowest BCUT2D eigenvalue weighted by Crippen LogP contribution is -2.29. The molecule has 0 bridgehead atoms. The second-order valence-corrected chi connectivity index (χ2v) is 7.41. The van der Waals surface area contributed by atoms with E-state index in [9.17, 15) is 0 Å². The van der Waals surface area contributed by atoms with Gasteiger partial charge in [0.25, 0.3) is 0 Å². The molecule has 1 aliphatic rings. The molecule has 3 rings (SSSR count). The Hall–Kier alpha value is -0.580. The van der Waals surface area contributed by atoms with E-state index < -0.39 is 0 Å². The van der Waals surface area contributed by atoms with Crippen molar-refractivity contribution in [1.29, 1.82) is 0 Å². The van der Waals surface area contributed by atoms with Crippen molar-refractivity contribution >= 4 is 33.3 Å². The van der Waals surface area contributed by atoms with Crippen molar-refractivity contribution in [2.45, 2.75) is 43.5 Å². The second-order valence-electron chi connectivity index (χ2n) is 5.33. The van der Waals surface area contributed by atoms with Gasteiger partial charge in [0.1, 0.15) is 0 Å². The Morgan fingerprint density at radius 2 is 2.37 bits per heavy atom. The van der Waals surface area contributed by atoms with Crippen molar-refractivity contribution in [3.8, 4) is 0 Å². The van der Waals surface area contributed by atoms with Gasteiger partial charge in [0, 0.05) is 23.5 Å². The molecule has 2 aromatic rings. The zero-order chi connectivity index (χ0) is 13.2. The number of rotatable bonds is 4. The van der Waals surface area contributed by atoms with E-state index in [-0.39, 0.29) is 0 Å². The van der Waals surface area contributed by atoms with Gasteiger partial charge in [-0.15, -0.1) is 11.3 Å². The maximum absolute atomic E-state index is 4.53. The van der Waals surface area contributed by atoms with Crippen molar-refractivity contribution in [2.75, 3.05) is 6.26 Å². The van der Waals surface area contributed by atoms with Gasteiger partial charge in [-0.25, -0.2) is 0 Å². The van der Waals surface area contributed by atoms with Gasteiger partial charge >= 0.3 is 0 Å². The first kappa shape index (κ1) is 13.4. The molecular formula is C15H20N2S2. The number of hydrogen-bond donors (Lipinski definition) is 1. The van der Waals surface area contributed by atoms with Crippen LogP contribution in [-0.2, 0) is 0 Å². The quantitative estimate of drug-likeness (QED) is 0.913. The van der Waals surface area contributed by atoms with E-state index in [2.05, 4.69) is 41.0 Å². The molecule has 1 aliphatic carbocycles. The smallest absolute Gasteiger partial charge is 0.0809 e. The van der Waals surface area contributed by atoms with Crippen LogP contribution >= 0.6 is 23.1 Å². The summed E-state index contributed by atoms with van der Waals surface area (Å²) < 4.78 is 1.29. The summed E-state index contributed by atoms with van der Waals surface area (Å²) in [6.45, 7) is 2.25. The molecule has 2 nitrogen and oxygen atoms in total. The summed E-state index contributed by atoms with van der Waals surface area (Å²) in [6.07, 6.45) is 8.22. The molecule has 1 saturated carbocycles. The summed E-state index contributed by atoms with van der Waals surface area (Å²) in [5, 5.41) is 6.73. The number of fused-ring (bicyclic) bond motifs is 1. The number of hydrogen-bond acceptors (Lipinski definition) is 4. The van der Waals surface area contributed by atoms with Crippen LogP contribution in [0.2, 0.25) is 0 Å². The van der Waals surface area contributed by atoms with Crippen molar-refractivity contribution < 1.29 is 0 Å². The van der Waals surface area contributed by atoms with Crippen LogP contribution in [0, 0.1) is 0 Å². The standard InChI is InChI=1S/C15H20N2S2/c1-10(17-12-3-4-13(8-12)18-2)11-7-15-14(16-9-11)5-6-19-15/h5-7,9-10,12-13,17H,3-4,8H2,1-2H3. The average Bonchev–Trinajstić information content (AvgIpc) is 3.05. The number of nitrogens with one attached hydrogen (secondary N) is 1. The molecule has 1 fully saturated rings. The number of thiophene rings is 1. The highest BCUT2D eigenvalue weighted by Crippen LogP contribution is 2.30. The number of aromatic nitrogens is 1. The molecule has 19 heavy (non-hydrogen) atoms. The lowest BCUT2D eigenvalue weighted by Gasteiger charge is -2.19. The van der Waals surface area contributed by atoms with Gasteiger partial charge in [-0.3, -0.25) is 4.98 Å². The molecule has 2 aromatic heterocycles. The molecule has 0 radical (unpaired) electrons. The minimum atomic E-state index is 0.393. The largest absolute Gasteiger partial charge is 0.307 e. The summed E-state index contributed by atoms with van der Waals surface area (Å²) in [4.78, 5) is 4.53. The van der Waals surface area contributed by atoms with Crippen LogP contribution in [0.5, 0.6) is 0 Å². The highest BCUT2D eigenvalue weighted by Gasteiger charge is 2.25. The van der Waals surface area contributed by atoms with Gasteiger partial charge in [0.2, 0.25) is 0 Å². The first-order valence-corrected chi connectivity index (χ1v) is 9.05. The molecule has 0 saturated heterocycles. The molecule has 3 atom stereocenters. The van der Waals surface area contributed by atoms with Crippen LogP contribution in [-0.4, -0.2) is 22.5 Å². The molecule has 0 spiro atoms. The van der Waals surface area contributed by atoms with E-state index in [1.807, 2.05) is 18.0 Å². The van der Waals surface area contributed by atoms with Gasteiger partial charge in [-0.1, -0.05) is 0 Å². The predicted octanol–water partition coefficient (Wildman–Crippen LogP) is 4.23. The summed E-state index contributed by atoms with van der Waals surface area (Å²) in [7, 11) is 0. The fourth-order valence-electron chi connectivity index (χ4n) is 2.85. The second kappa shape index (κ2) is 5.81. The van der Waals surface area contributed by atoms with Crippen molar-refractivity contribution in [3.63, 3.8) is 0 Å². The molecule has 4 heteroatoms. The monoisotopic (exact) mass is 292 g/mol. The van der Waals surface area contributed by atoms with Gasteiger partial charge in [0.05, 0.1) is 10.2 Å². The third kappa shape index (κ3) is 2.96. The number of pyridine rings is 1. The van der Waals surface area contributed by atoms with Crippen LogP contribution in [0.25, 0.3) is 10.2 Å². The van der Waals surface area contributed by atoms with Crippen LogP contribution in [0.1, 0.15) is 37.8 Å². The molecule has 102 valence electrons. The molecule has 0 aliphatic heterocycles. The average molecular weight is 292 g/mol. The predicted molar refractivity (Wildman–Crippen MR) is 86.1 cm³/mol. The third-order valence-electron chi connectivity index (χ3n) is 4.03. The Labute approximate surface area is 123 Å². The normalized spacial score (nSPS) is 24.9. The summed E-state index contributed by atoms with van der Waals surface area (Å²) in [5.41, 5.74) is 2.42. The van der Waals surface area contributed by atoms with Gasteiger partial charge in [0.15, 0.2) is 0 Å². The van der Waals surface area contributed by atoms with Gasteiger partial charge in [-0.05, 0) is 55.5 Å². The van der Waals surface area contributed by atoms with E-state index in [0.717, 1.165) is 10.8 Å². The third-order valence-corrected chi connectivity index (χ3v) is 5.98. The molecule has 0 amide bonds. The Morgan fingerprint density at radius 1 is 1.47 bits per heavy atom. The van der Waals surface area contributed by atoms with Crippen LogP contribution in [0.15, 0.2) is 23.7 Å². The minimum Gasteiger partial charge on any atom is -0.307 e. The SMILES string of the molecule is CSC1CCC(NC(C)c2cnc3ccsc3c2)C1. The Balaban J connectivity index is 1.68. The van der Waals surface area contributed by atoms with Crippen LogP contribution < -0.4 is 5.32 Å². The van der Waals surface area contributed by atoms with Gasteiger partial charge in [-0.2, -0.15) is 11.8 Å². The van der Waals surface area contributed by atoms with Crippen molar-refractivity contribution in [3.05, 3.63) is 29.3 Å². The first-order valence-electron chi connectivity index (χ1n) is 6.88. The highest BCUT2D eigenvalue weighted by atomic mass is 32.2. The maximum atomic E-state index is 4.53. The van der Waals surface area contributed by atoms with Crippen LogP contribution in [0.4, 0.5) is 0 Å². The van der Waals surface area contributed by atoms with E-state index >= 15 is 0 Å². The topological polar surface area (TPSA) is 24.9 Å². The maximum Gasteiger partial charge on any atom is 0.0809 e. The summed E-state index contributed by atoms with van der Waals surface area (Å²) in [6, 6.07) is 5.43. The summed E-state index contributed by atoms with van der Waals surface area (Å²) in [5.74, 6) is 0. The summed E-state index contributed by atoms with van der Waals surface area (Å²) >= 11 is 3.78. The van der Waals surface area contributed by atoms with Gasteiger partial charge < -0.3 is 5.32 Å². The first-order chi connectivity index (χ1) is 9.26. The van der Waals surface area contributed by atoms with Crippen molar-refractivity contribution in [2.24, 2.45) is 0 Å². The van der Waals surface area contributed by atoms with E-state index in [1.54, 1.807) is 11.3 Å². The molecular weight excluding hydrogens is 272 g/mol. The minimum absolute atomic E-state index is 0.393.